The van der Waals surface area contributed by atoms with Gasteiger partial charge in [0, 0.05) is 0 Å². The zero-order valence-electron chi connectivity index (χ0n) is 9.87. The van der Waals surface area contributed by atoms with Gasteiger partial charge in [0.1, 0.15) is 6.04 Å². The van der Waals surface area contributed by atoms with Gasteiger partial charge in [0.25, 0.3) is 0 Å². The molecule has 0 aliphatic carbocycles. The van der Waals surface area contributed by atoms with E-state index < -0.39 is 28.5 Å². The molecule has 1 aromatic carbocycles. The van der Waals surface area contributed by atoms with Gasteiger partial charge < -0.3 is 19.9 Å². The van der Waals surface area contributed by atoms with Gasteiger partial charge in [-0.25, -0.2) is 9.13 Å². The Morgan fingerprint density at radius 1 is 1.40 bits per heavy atom. The SMILES string of the molecule is N[C@@H](Cc1ccc(OP=O)c(OP(=O)(O)O)c1)C(=O)O. The Morgan fingerprint density at radius 2 is 2.05 bits per heavy atom. The van der Waals surface area contributed by atoms with Gasteiger partial charge >= 0.3 is 22.5 Å². The highest BCUT2D eigenvalue weighted by Crippen LogP contribution is 2.43. The molecule has 0 bridgehead atoms. The lowest BCUT2D eigenvalue weighted by Crippen LogP contribution is -2.32. The van der Waals surface area contributed by atoms with Crippen LogP contribution in [0, 0.1) is 0 Å². The maximum absolute atomic E-state index is 10.8. The Balaban J connectivity index is 3.06. The average Bonchev–Trinajstić information content (AvgIpc) is 2.30. The highest BCUT2D eigenvalue weighted by molar-refractivity contribution is 7.46. The van der Waals surface area contributed by atoms with Gasteiger partial charge in [-0.1, -0.05) is 6.07 Å². The molecule has 0 heterocycles. The molecule has 20 heavy (non-hydrogen) atoms. The first kappa shape index (κ1) is 16.6. The molecular weight excluding hydrogens is 312 g/mol. The molecule has 1 atom stereocenters. The number of phosphoric ester groups is 1. The second-order valence-corrected chi connectivity index (χ2v) is 5.17. The second-order valence-electron chi connectivity index (χ2n) is 3.68. The second kappa shape index (κ2) is 6.78. The Morgan fingerprint density at radius 3 is 2.55 bits per heavy atom. The summed E-state index contributed by atoms with van der Waals surface area (Å²) in [5.74, 6) is -1.75. The number of carbonyl (C=O) groups is 1. The third kappa shape index (κ3) is 5.24. The lowest BCUT2D eigenvalue weighted by molar-refractivity contribution is -0.138. The van der Waals surface area contributed by atoms with Gasteiger partial charge in [-0.3, -0.25) is 14.6 Å². The van der Waals surface area contributed by atoms with Crippen molar-refractivity contribution in [3.05, 3.63) is 23.8 Å². The third-order valence-corrected chi connectivity index (χ3v) is 2.84. The smallest absolute Gasteiger partial charge is 0.480 e. The van der Waals surface area contributed by atoms with Crippen LogP contribution in [-0.2, 0) is 20.3 Å². The van der Waals surface area contributed by atoms with Crippen LogP contribution >= 0.6 is 16.5 Å². The van der Waals surface area contributed by atoms with Crippen LogP contribution in [0.25, 0.3) is 0 Å². The first-order chi connectivity index (χ1) is 9.23. The molecule has 110 valence electrons. The predicted octanol–water partition coefficient (Wildman–Crippen LogP) is 0.698. The van der Waals surface area contributed by atoms with Gasteiger partial charge in [0.05, 0.1) is 0 Å². The molecule has 0 aliphatic rings. The molecular formula is C9H11NO8P2. The first-order valence-electron chi connectivity index (χ1n) is 5.09. The van der Waals surface area contributed by atoms with Crippen LogP contribution in [0.2, 0.25) is 0 Å². The fraction of sp³-hybridized carbons (Fsp3) is 0.222. The van der Waals surface area contributed by atoms with E-state index in [4.69, 9.17) is 20.6 Å². The monoisotopic (exact) mass is 323 g/mol. The average molecular weight is 323 g/mol. The van der Waals surface area contributed by atoms with Crippen LogP contribution in [0.15, 0.2) is 18.2 Å². The first-order valence-corrected chi connectivity index (χ1v) is 7.35. The van der Waals surface area contributed by atoms with Gasteiger partial charge in [0.2, 0.25) is 0 Å². The number of hydrogen-bond donors (Lipinski definition) is 4. The molecule has 0 aromatic heterocycles. The molecule has 11 heteroatoms. The molecule has 5 N–H and O–H groups in total. The van der Waals surface area contributed by atoms with Gasteiger partial charge in [-0.2, -0.15) is 0 Å². The highest BCUT2D eigenvalue weighted by Gasteiger charge is 2.21. The number of carboxylic acids is 1. The summed E-state index contributed by atoms with van der Waals surface area (Å²) in [6.07, 6.45) is -0.0811. The normalized spacial score (nSPS) is 12.9. The fourth-order valence-corrected chi connectivity index (χ4v) is 1.97. The van der Waals surface area contributed by atoms with Crippen molar-refractivity contribution in [1.29, 1.82) is 0 Å². The minimum atomic E-state index is -4.84. The van der Waals surface area contributed by atoms with E-state index in [1.54, 1.807) is 0 Å². The topological polar surface area (TPSA) is 156 Å². The van der Waals surface area contributed by atoms with E-state index in [1.165, 1.54) is 12.1 Å². The number of rotatable bonds is 7. The lowest BCUT2D eigenvalue weighted by Gasteiger charge is -2.12. The molecule has 1 aromatic rings. The van der Waals surface area contributed by atoms with Crippen molar-refractivity contribution in [3.8, 4) is 11.5 Å². The summed E-state index contributed by atoms with van der Waals surface area (Å²) >= 11 is 0. The Kier molecular flexibility index (Phi) is 5.62. The summed E-state index contributed by atoms with van der Waals surface area (Å²) in [4.78, 5) is 28.2. The third-order valence-electron chi connectivity index (χ3n) is 2.13. The van der Waals surface area contributed by atoms with E-state index >= 15 is 0 Å². The summed E-state index contributed by atoms with van der Waals surface area (Å²) in [6.45, 7) is 0. The summed E-state index contributed by atoms with van der Waals surface area (Å²) in [5.41, 5.74) is 5.71. The largest absolute Gasteiger partial charge is 0.524 e. The van der Waals surface area contributed by atoms with Crippen LogP contribution in [0.3, 0.4) is 0 Å². The molecule has 0 saturated carbocycles. The van der Waals surface area contributed by atoms with Crippen molar-refractivity contribution in [2.24, 2.45) is 5.73 Å². The molecule has 9 nitrogen and oxygen atoms in total. The lowest BCUT2D eigenvalue weighted by atomic mass is 10.1. The van der Waals surface area contributed by atoms with Crippen LogP contribution in [0.1, 0.15) is 5.56 Å². The number of phosphoric acid groups is 1. The van der Waals surface area contributed by atoms with Crippen molar-refractivity contribution >= 4 is 22.5 Å². The number of benzene rings is 1. The van der Waals surface area contributed by atoms with Crippen LogP contribution in [0.5, 0.6) is 11.5 Å². The van der Waals surface area contributed by atoms with Gasteiger partial charge in [-0.15, -0.1) is 0 Å². The molecule has 0 unspecified atom stereocenters. The number of carboxylic acid groups (broad SMARTS) is 1. The molecule has 0 aliphatic heterocycles. The van der Waals surface area contributed by atoms with E-state index in [2.05, 4.69) is 9.05 Å². The van der Waals surface area contributed by atoms with E-state index in [-0.39, 0.29) is 17.9 Å². The standard InChI is InChI=1S/C9H11NO8P2/c10-6(9(11)12)3-5-1-2-7(17-19-13)8(4-5)18-20(14,15)16/h1-2,4,6H,3,10H2,(H,11,12)(H2,14,15,16)/t6-/m0/s1. The minimum absolute atomic E-state index is 0.0811. The summed E-state index contributed by atoms with van der Waals surface area (Å²) in [5, 5.41) is 8.69. The quantitative estimate of drug-likeness (QED) is 0.530. The minimum Gasteiger partial charge on any atom is -0.480 e. The molecule has 0 radical (unpaired) electrons. The molecule has 0 spiro atoms. The maximum atomic E-state index is 10.8. The van der Waals surface area contributed by atoms with Crippen molar-refractivity contribution in [2.75, 3.05) is 0 Å². The zero-order chi connectivity index (χ0) is 15.3. The van der Waals surface area contributed by atoms with E-state index in [0.717, 1.165) is 6.07 Å². The Bertz CT molecular complexity index is 557. The Labute approximate surface area is 114 Å². The summed E-state index contributed by atoms with van der Waals surface area (Å²) in [6, 6.07) is 2.63. The summed E-state index contributed by atoms with van der Waals surface area (Å²) < 4.78 is 30.2. The van der Waals surface area contributed by atoms with E-state index in [1.807, 2.05) is 0 Å². The zero-order valence-corrected chi connectivity index (χ0v) is 11.7. The molecule has 0 amide bonds. The maximum Gasteiger partial charge on any atom is 0.524 e. The van der Waals surface area contributed by atoms with Crippen LogP contribution in [0.4, 0.5) is 0 Å². The van der Waals surface area contributed by atoms with Crippen molar-refractivity contribution in [2.45, 2.75) is 12.5 Å². The molecule has 1 rings (SSSR count). The van der Waals surface area contributed by atoms with Crippen LogP contribution in [-0.4, -0.2) is 26.9 Å². The number of nitrogens with two attached hydrogens (primary N) is 1. The molecule has 0 saturated heterocycles. The van der Waals surface area contributed by atoms with Crippen molar-refractivity contribution < 1.29 is 37.9 Å². The van der Waals surface area contributed by atoms with E-state index in [0.29, 0.717) is 5.56 Å². The number of hydrogen-bond acceptors (Lipinski definition) is 6. The number of aliphatic carboxylic acids is 1. The summed E-state index contributed by atoms with van der Waals surface area (Å²) in [7, 11) is -5.58. The molecule has 0 fully saturated rings. The van der Waals surface area contributed by atoms with Crippen LogP contribution < -0.4 is 14.8 Å². The van der Waals surface area contributed by atoms with Gasteiger partial charge in [0.15, 0.2) is 11.5 Å². The fourth-order valence-electron chi connectivity index (χ4n) is 1.34. The van der Waals surface area contributed by atoms with Crippen molar-refractivity contribution in [3.63, 3.8) is 0 Å². The van der Waals surface area contributed by atoms with Gasteiger partial charge in [-0.05, 0) is 24.1 Å². The highest BCUT2D eigenvalue weighted by atomic mass is 31.2. The van der Waals surface area contributed by atoms with Crippen molar-refractivity contribution in [1.82, 2.24) is 0 Å². The predicted molar refractivity (Wildman–Crippen MR) is 66.7 cm³/mol. The Hall–Kier alpha value is -1.50. The van der Waals surface area contributed by atoms with E-state index in [9.17, 15) is 13.9 Å².